The van der Waals surface area contributed by atoms with Crippen LogP contribution in [0.3, 0.4) is 0 Å². The van der Waals surface area contributed by atoms with Crippen molar-refractivity contribution in [2.45, 2.75) is 11.2 Å². The number of methoxy groups -OCH3 is 1. The highest BCUT2D eigenvalue weighted by molar-refractivity contribution is 9.10. The van der Waals surface area contributed by atoms with Crippen LogP contribution in [0.1, 0.15) is 21.5 Å². The van der Waals surface area contributed by atoms with Crippen LogP contribution < -0.4 is 0 Å². The van der Waals surface area contributed by atoms with Gasteiger partial charge >= 0.3 is 0 Å². The molecule has 0 amide bonds. The van der Waals surface area contributed by atoms with Crippen LogP contribution in [-0.4, -0.2) is 13.7 Å². The second-order valence-corrected chi connectivity index (χ2v) is 6.70. The van der Waals surface area contributed by atoms with Gasteiger partial charge in [0.2, 0.25) is 0 Å². The Morgan fingerprint density at radius 1 is 1.10 bits per heavy atom. The first-order valence-electron chi connectivity index (χ1n) is 6.28. The fourth-order valence-corrected chi connectivity index (χ4v) is 3.04. The van der Waals surface area contributed by atoms with Crippen molar-refractivity contribution in [2.24, 2.45) is 0 Å². The van der Waals surface area contributed by atoms with Crippen molar-refractivity contribution >= 4 is 43.5 Å². The highest BCUT2D eigenvalue weighted by Crippen LogP contribution is 2.34. The van der Waals surface area contributed by atoms with E-state index in [1.807, 2.05) is 18.2 Å². The zero-order chi connectivity index (χ0) is 14.5. The molecular formula is C16H15Br2ClO. The molecule has 1 atom stereocenters. The Hall–Kier alpha value is -0.350. The molecule has 2 aromatic carbocycles. The number of hydrogen-bond acceptors (Lipinski definition) is 1. The molecule has 0 bridgehead atoms. The lowest BCUT2D eigenvalue weighted by Crippen LogP contribution is -1.96. The normalized spacial score (nSPS) is 12.4. The molecular weight excluding hydrogens is 403 g/mol. The van der Waals surface area contributed by atoms with Gasteiger partial charge in [-0.2, -0.15) is 0 Å². The molecule has 0 fully saturated rings. The zero-order valence-electron chi connectivity index (χ0n) is 11.1. The third-order valence-electron chi connectivity index (χ3n) is 3.10. The molecule has 106 valence electrons. The monoisotopic (exact) mass is 416 g/mol. The van der Waals surface area contributed by atoms with E-state index in [9.17, 15) is 0 Å². The van der Waals surface area contributed by atoms with Gasteiger partial charge in [-0.3, -0.25) is 0 Å². The fourth-order valence-electron chi connectivity index (χ4n) is 1.94. The zero-order valence-corrected chi connectivity index (χ0v) is 15.0. The van der Waals surface area contributed by atoms with Gasteiger partial charge in [0.15, 0.2) is 0 Å². The largest absolute Gasteiger partial charge is 0.384 e. The minimum Gasteiger partial charge on any atom is -0.384 e. The van der Waals surface area contributed by atoms with Crippen molar-refractivity contribution in [3.63, 3.8) is 0 Å². The third-order valence-corrected chi connectivity index (χ3v) is 5.37. The van der Waals surface area contributed by atoms with Crippen LogP contribution in [0.5, 0.6) is 0 Å². The first kappa shape index (κ1) is 16.0. The summed E-state index contributed by atoms with van der Waals surface area (Å²) in [6.45, 7) is 0.751. The highest BCUT2D eigenvalue weighted by atomic mass is 79.9. The van der Waals surface area contributed by atoms with Crippen molar-refractivity contribution in [3.8, 4) is 0 Å². The molecule has 0 saturated heterocycles. The van der Waals surface area contributed by atoms with E-state index < -0.39 is 0 Å². The molecule has 1 nitrogen and oxygen atoms in total. The van der Waals surface area contributed by atoms with E-state index in [2.05, 4.69) is 56.1 Å². The van der Waals surface area contributed by atoms with Crippen LogP contribution in [0.2, 0.25) is 5.02 Å². The molecule has 4 heteroatoms. The molecule has 0 aliphatic rings. The second-order valence-electron chi connectivity index (χ2n) is 4.52. The lowest BCUT2D eigenvalue weighted by atomic mass is 10.0. The molecule has 0 heterocycles. The van der Waals surface area contributed by atoms with E-state index in [1.165, 1.54) is 16.7 Å². The van der Waals surface area contributed by atoms with E-state index >= 15 is 0 Å². The van der Waals surface area contributed by atoms with E-state index in [0.717, 1.165) is 22.5 Å². The average molecular weight is 419 g/mol. The van der Waals surface area contributed by atoms with Crippen LogP contribution in [0, 0.1) is 0 Å². The number of halogens is 3. The van der Waals surface area contributed by atoms with Gasteiger partial charge in [-0.15, -0.1) is 0 Å². The lowest BCUT2D eigenvalue weighted by Gasteiger charge is -2.12. The second kappa shape index (κ2) is 7.60. The van der Waals surface area contributed by atoms with Gasteiger partial charge < -0.3 is 4.74 Å². The predicted octanol–water partition coefficient (Wildman–Crippen LogP) is 5.78. The van der Waals surface area contributed by atoms with E-state index in [4.69, 9.17) is 16.3 Å². The van der Waals surface area contributed by atoms with Gasteiger partial charge in [0.1, 0.15) is 0 Å². The molecule has 1 unspecified atom stereocenters. The smallest absolute Gasteiger partial charge is 0.0645 e. The number of rotatable bonds is 5. The summed E-state index contributed by atoms with van der Waals surface area (Å²) in [4.78, 5) is 0.160. The Bertz CT molecular complexity index is 569. The van der Waals surface area contributed by atoms with Crippen LogP contribution in [-0.2, 0) is 11.2 Å². The third kappa shape index (κ3) is 4.08. The molecule has 0 aliphatic carbocycles. The molecule has 0 spiro atoms. The Morgan fingerprint density at radius 2 is 1.75 bits per heavy atom. The molecule has 20 heavy (non-hydrogen) atoms. The number of hydrogen-bond donors (Lipinski definition) is 0. The number of benzene rings is 2. The van der Waals surface area contributed by atoms with Gasteiger partial charge in [0.05, 0.1) is 16.5 Å². The molecule has 0 aliphatic heterocycles. The summed E-state index contributed by atoms with van der Waals surface area (Å²) >= 11 is 13.2. The molecule has 2 rings (SSSR count). The summed E-state index contributed by atoms with van der Waals surface area (Å²) < 4.78 is 6.00. The fraction of sp³-hybridized carbons (Fsp3) is 0.250. The molecule has 0 N–H and O–H groups in total. The lowest BCUT2D eigenvalue weighted by molar-refractivity contribution is 0.202. The Labute approximate surface area is 141 Å². The van der Waals surface area contributed by atoms with Crippen LogP contribution >= 0.6 is 43.5 Å². The van der Waals surface area contributed by atoms with Crippen molar-refractivity contribution in [2.75, 3.05) is 13.7 Å². The first-order chi connectivity index (χ1) is 9.61. The van der Waals surface area contributed by atoms with Crippen molar-refractivity contribution in [3.05, 3.63) is 68.7 Å². The highest BCUT2D eigenvalue weighted by Gasteiger charge is 2.11. The van der Waals surface area contributed by atoms with E-state index in [0.29, 0.717) is 0 Å². The maximum absolute atomic E-state index is 6.03. The van der Waals surface area contributed by atoms with Crippen molar-refractivity contribution in [1.82, 2.24) is 0 Å². The summed E-state index contributed by atoms with van der Waals surface area (Å²) in [5.41, 5.74) is 3.68. The number of alkyl halides is 1. The van der Waals surface area contributed by atoms with E-state index in [-0.39, 0.29) is 4.83 Å². The molecule has 0 aromatic heterocycles. The SMILES string of the molecule is COCCc1ccc(C(Br)c2ccc(Cl)c(Br)c2)cc1. The minimum absolute atomic E-state index is 0.160. The standard InChI is InChI=1S/C16H15Br2ClO/c1-20-9-8-11-2-4-12(5-3-11)16(18)13-6-7-15(19)14(17)10-13/h2-7,10,16H,8-9H2,1H3. The van der Waals surface area contributed by atoms with Crippen molar-refractivity contribution < 1.29 is 4.74 Å². The van der Waals surface area contributed by atoms with Gasteiger partial charge in [-0.1, -0.05) is 57.9 Å². The van der Waals surface area contributed by atoms with Crippen LogP contribution in [0.4, 0.5) is 0 Å². The first-order valence-corrected chi connectivity index (χ1v) is 8.37. The minimum atomic E-state index is 0.160. The summed E-state index contributed by atoms with van der Waals surface area (Å²) in [6.07, 6.45) is 0.941. The average Bonchev–Trinajstić information content (AvgIpc) is 2.48. The Kier molecular flexibility index (Phi) is 6.09. The molecule has 2 aromatic rings. The maximum atomic E-state index is 6.03. The van der Waals surface area contributed by atoms with Gasteiger partial charge in [-0.25, -0.2) is 0 Å². The molecule has 0 saturated carbocycles. The summed E-state index contributed by atoms with van der Waals surface area (Å²) in [7, 11) is 1.72. The molecule has 0 radical (unpaired) electrons. The van der Waals surface area contributed by atoms with Crippen LogP contribution in [0.25, 0.3) is 0 Å². The summed E-state index contributed by atoms with van der Waals surface area (Å²) in [6, 6.07) is 14.6. The summed E-state index contributed by atoms with van der Waals surface area (Å²) in [5, 5.41) is 0.725. The predicted molar refractivity (Wildman–Crippen MR) is 91.9 cm³/mol. The Morgan fingerprint density at radius 3 is 2.35 bits per heavy atom. The van der Waals surface area contributed by atoms with Gasteiger partial charge in [0, 0.05) is 11.6 Å². The summed E-state index contributed by atoms with van der Waals surface area (Å²) in [5.74, 6) is 0. The van der Waals surface area contributed by atoms with Gasteiger partial charge in [0.25, 0.3) is 0 Å². The Balaban J connectivity index is 2.15. The number of ether oxygens (including phenoxy) is 1. The van der Waals surface area contributed by atoms with Crippen LogP contribution in [0.15, 0.2) is 46.9 Å². The quantitative estimate of drug-likeness (QED) is 0.560. The maximum Gasteiger partial charge on any atom is 0.0645 e. The van der Waals surface area contributed by atoms with E-state index in [1.54, 1.807) is 7.11 Å². The van der Waals surface area contributed by atoms with Crippen molar-refractivity contribution in [1.29, 1.82) is 0 Å². The van der Waals surface area contributed by atoms with Gasteiger partial charge in [-0.05, 0) is 51.2 Å². The topological polar surface area (TPSA) is 9.23 Å².